The fourth-order valence-electron chi connectivity index (χ4n) is 2.31. The van der Waals surface area contributed by atoms with Crippen LogP contribution in [0.3, 0.4) is 0 Å². The highest BCUT2D eigenvalue weighted by Crippen LogP contribution is 2.36. The van der Waals surface area contributed by atoms with Gasteiger partial charge < -0.3 is 5.73 Å². The first kappa shape index (κ1) is 11.3. The zero-order valence-corrected chi connectivity index (χ0v) is 11.3. The van der Waals surface area contributed by atoms with Gasteiger partial charge in [0.15, 0.2) is 0 Å². The summed E-state index contributed by atoms with van der Waals surface area (Å²) >= 11 is 1.63. The van der Waals surface area contributed by atoms with Crippen molar-refractivity contribution >= 4 is 37.5 Å². The molecule has 0 saturated heterocycles. The van der Waals surface area contributed by atoms with Crippen molar-refractivity contribution in [2.24, 2.45) is 0 Å². The van der Waals surface area contributed by atoms with Gasteiger partial charge in [0.05, 0.1) is 10.2 Å². The van der Waals surface area contributed by atoms with Crippen molar-refractivity contribution in [2.45, 2.75) is 0 Å². The highest BCUT2D eigenvalue weighted by atomic mass is 32.1. The highest BCUT2D eigenvalue weighted by molar-refractivity contribution is 7.26. The van der Waals surface area contributed by atoms with Crippen LogP contribution in [0.15, 0.2) is 49.1 Å². The van der Waals surface area contributed by atoms with Crippen molar-refractivity contribution in [2.75, 3.05) is 5.73 Å². The van der Waals surface area contributed by atoms with Gasteiger partial charge in [-0.05, 0) is 17.7 Å². The Kier molecular flexibility index (Phi) is 2.40. The third-order valence-corrected chi connectivity index (χ3v) is 4.44. The Balaban J connectivity index is 2.01. The maximum Gasteiger partial charge on any atom is 0.144 e. The van der Waals surface area contributed by atoms with E-state index in [-0.39, 0.29) is 0 Å². The van der Waals surface area contributed by atoms with Crippen LogP contribution in [-0.4, -0.2) is 15.0 Å². The van der Waals surface area contributed by atoms with Crippen molar-refractivity contribution in [3.63, 3.8) is 0 Å². The van der Waals surface area contributed by atoms with E-state index in [1.54, 1.807) is 17.5 Å². The van der Waals surface area contributed by atoms with Gasteiger partial charge >= 0.3 is 0 Å². The standard InChI is InChI=1S/C15H10N4S/c16-15-14-13(18-8-19-15)11-4-3-9(6-12(11)20-14)10-2-1-5-17-7-10/h1-8H,(H2,16,18,19). The average Bonchev–Trinajstić information content (AvgIpc) is 2.87. The third kappa shape index (κ3) is 1.64. The Labute approximate surface area is 118 Å². The van der Waals surface area contributed by atoms with Crippen molar-refractivity contribution < 1.29 is 0 Å². The molecule has 0 fully saturated rings. The average molecular weight is 278 g/mol. The molecule has 0 aliphatic rings. The topological polar surface area (TPSA) is 64.7 Å². The molecule has 0 aliphatic carbocycles. The third-order valence-electron chi connectivity index (χ3n) is 3.27. The lowest BCUT2D eigenvalue weighted by Crippen LogP contribution is -1.89. The molecule has 4 aromatic rings. The van der Waals surface area contributed by atoms with Gasteiger partial charge in [-0.3, -0.25) is 4.98 Å². The lowest BCUT2D eigenvalue weighted by molar-refractivity contribution is 1.24. The molecule has 3 heterocycles. The molecule has 0 spiro atoms. The number of benzene rings is 1. The Morgan fingerprint density at radius 2 is 2.00 bits per heavy atom. The number of rotatable bonds is 1. The minimum Gasteiger partial charge on any atom is -0.382 e. The van der Waals surface area contributed by atoms with Gasteiger partial charge in [0.1, 0.15) is 12.1 Å². The lowest BCUT2D eigenvalue weighted by Gasteiger charge is -2.00. The van der Waals surface area contributed by atoms with Crippen LogP contribution in [0.4, 0.5) is 5.82 Å². The smallest absolute Gasteiger partial charge is 0.144 e. The second-order valence-corrected chi connectivity index (χ2v) is 5.54. The van der Waals surface area contributed by atoms with Crippen LogP contribution in [0.2, 0.25) is 0 Å². The van der Waals surface area contributed by atoms with E-state index >= 15 is 0 Å². The number of nitrogens with two attached hydrogens (primary N) is 1. The van der Waals surface area contributed by atoms with E-state index in [4.69, 9.17) is 5.73 Å². The van der Waals surface area contributed by atoms with Gasteiger partial charge in [0, 0.05) is 28.0 Å². The van der Waals surface area contributed by atoms with Crippen molar-refractivity contribution in [1.29, 1.82) is 0 Å². The Morgan fingerprint density at radius 1 is 1.05 bits per heavy atom. The molecule has 0 saturated carbocycles. The van der Waals surface area contributed by atoms with E-state index < -0.39 is 0 Å². The van der Waals surface area contributed by atoms with Crippen LogP contribution in [0.25, 0.3) is 31.4 Å². The summed E-state index contributed by atoms with van der Waals surface area (Å²) in [4.78, 5) is 12.5. The first-order valence-electron chi connectivity index (χ1n) is 6.16. The first-order chi connectivity index (χ1) is 9.83. The quantitative estimate of drug-likeness (QED) is 0.579. The summed E-state index contributed by atoms with van der Waals surface area (Å²) in [6.07, 6.45) is 5.15. The molecule has 0 amide bonds. The van der Waals surface area contributed by atoms with Crippen LogP contribution in [0.1, 0.15) is 0 Å². The molecule has 20 heavy (non-hydrogen) atoms. The summed E-state index contributed by atoms with van der Waals surface area (Å²) in [5.41, 5.74) is 9.09. The van der Waals surface area contributed by atoms with E-state index in [9.17, 15) is 0 Å². The summed E-state index contributed by atoms with van der Waals surface area (Å²) in [5.74, 6) is 0.541. The molecule has 0 atom stereocenters. The maximum absolute atomic E-state index is 5.92. The zero-order chi connectivity index (χ0) is 13.5. The lowest BCUT2D eigenvalue weighted by atomic mass is 10.1. The maximum atomic E-state index is 5.92. The van der Waals surface area contributed by atoms with Crippen LogP contribution < -0.4 is 5.73 Å². The Morgan fingerprint density at radius 3 is 2.85 bits per heavy atom. The molecule has 2 N–H and O–H groups in total. The molecule has 1 aromatic carbocycles. The number of hydrogen-bond acceptors (Lipinski definition) is 5. The summed E-state index contributed by atoms with van der Waals surface area (Å²) in [7, 11) is 0. The number of anilines is 1. The number of aromatic nitrogens is 3. The summed E-state index contributed by atoms with van der Waals surface area (Å²) in [5, 5.41) is 1.12. The molecule has 5 heteroatoms. The fourth-order valence-corrected chi connectivity index (χ4v) is 3.40. The second kappa shape index (κ2) is 4.25. The first-order valence-corrected chi connectivity index (χ1v) is 6.98. The number of nitrogens with zero attached hydrogens (tertiary/aromatic N) is 3. The fraction of sp³-hybridized carbons (Fsp3) is 0. The van der Waals surface area contributed by atoms with E-state index in [0.717, 1.165) is 31.4 Å². The Hall–Kier alpha value is -2.53. The molecular formula is C15H10N4S. The predicted octanol–water partition coefficient (Wildman–Crippen LogP) is 3.49. The summed E-state index contributed by atoms with van der Waals surface area (Å²) in [6.45, 7) is 0. The van der Waals surface area contributed by atoms with Gasteiger partial charge in [0.2, 0.25) is 0 Å². The monoisotopic (exact) mass is 278 g/mol. The van der Waals surface area contributed by atoms with Crippen LogP contribution >= 0.6 is 11.3 Å². The molecular weight excluding hydrogens is 268 g/mol. The van der Waals surface area contributed by atoms with Crippen molar-refractivity contribution in [1.82, 2.24) is 15.0 Å². The van der Waals surface area contributed by atoms with Crippen LogP contribution in [-0.2, 0) is 0 Å². The molecule has 4 nitrogen and oxygen atoms in total. The molecule has 96 valence electrons. The molecule has 4 rings (SSSR count). The number of pyridine rings is 1. The predicted molar refractivity (Wildman–Crippen MR) is 82.6 cm³/mol. The SMILES string of the molecule is Nc1ncnc2c1sc1cc(-c3cccnc3)ccc12. The van der Waals surface area contributed by atoms with Gasteiger partial charge in [0.25, 0.3) is 0 Å². The molecule has 3 aromatic heterocycles. The normalized spacial score (nSPS) is 11.2. The van der Waals surface area contributed by atoms with Gasteiger partial charge in [-0.1, -0.05) is 18.2 Å². The molecule has 0 radical (unpaired) electrons. The Bertz CT molecular complexity index is 915. The van der Waals surface area contributed by atoms with Gasteiger partial charge in [-0.25, -0.2) is 9.97 Å². The molecule has 0 bridgehead atoms. The van der Waals surface area contributed by atoms with Crippen molar-refractivity contribution in [3.8, 4) is 11.1 Å². The van der Waals surface area contributed by atoms with E-state index in [1.165, 1.54) is 6.33 Å². The van der Waals surface area contributed by atoms with Crippen LogP contribution in [0.5, 0.6) is 0 Å². The van der Waals surface area contributed by atoms with E-state index in [1.807, 2.05) is 12.3 Å². The van der Waals surface area contributed by atoms with E-state index in [2.05, 4.69) is 39.2 Å². The highest BCUT2D eigenvalue weighted by Gasteiger charge is 2.10. The number of hydrogen-bond donors (Lipinski definition) is 1. The molecule has 0 unspecified atom stereocenters. The van der Waals surface area contributed by atoms with Gasteiger partial charge in [-0.2, -0.15) is 0 Å². The molecule has 0 aliphatic heterocycles. The van der Waals surface area contributed by atoms with E-state index in [0.29, 0.717) is 5.82 Å². The minimum atomic E-state index is 0.541. The minimum absolute atomic E-state index is 0.541. The second-order valence-electron chi connectivity index (χ2n) is 4.49. The summed E-state index contributed by atoms with van der Waals surface area (Å²) < 4.78 is 2.11. The number of nitrogen functional groups attached to an aromatic ring is 1. The zero-order valence-electron chi connectivity index (χ0n) is 10.4. The number of fused-ring (bicyclic) bond motifs is 3. The summed E-state index contributed by atoms with van der Waals surface area (Å²) in [6, 6.07) is 10.3. The van der Waals surface area contributed by atoms with Crippen molar-refractivity contribution in [3.05, 3.63) is 49.1 Å². The van der Waals surface area contributed by atoms with Crippen LogP contribution in [0, 0.1) is 0 Å². The largest absolute Gasteiger partial charge is 0.382 e. The van der Waals surface area contributed by atoms with Gasteiger partial charge in [-0.15, -0.1) is 11.3 Å². The number of thiophene rings is 1.